The largest absolute Gasteiger partial charge is 0.481 e. The number of carboxylic acid groups (broad SMARTS) is 1. The summed E-state index contributed by atoms with van der Waals surface area (Å²) in [5.41, 5.74) is 5.70. The summed E-state index contributed by atoms with van der Waals surface area (Å²) in [6.45, 7) is 2.80. The Morgan fingerprint density at radius 3 is 2.53 bits per heavy atom. The number of carbonyl (C=O) groups is 2. The van der Waals surface area contributed by atoms with E-state index in [9.17, 15) is 9.59 Å². The second-order valence-electron chi connectivity index (χ2n) is 5.24. The molecule has 0 aromatic rings. The third-order valence-electron chi connectivity index (χ3n) is 3.55. The molecule has 17 heavy (non-hydrogen) atoms. The van der Waals surface area contributed by atoms with Gasteiger partial charge in [0.2, 0.25) is 5.91 Å². The molecule has 0 heterocycles. The Hall–Kier alpha value is -1.10. The van der Waals surface area contributed by atoms with Crippen molar-refractivity contribution in [1.82, 2.24) is 5.32 Å². The lowest BCUT2D eigenvalue weighted by molar-refractivity contribution is -0.138. The van der Waals surface area contributed by atoms with E-state index in [2.05, 4.69) is 5.32 Å². The molecule has 1 fully saturated rings. The molecule has 0 bridgehead atoms. The van der Waals surface area contributed by atoms with Gasteiger partial charge in [-0.3, -0.25) is 9.59 Å². The molecule has 0 saturated heterocycles. The van der Waals surface area contributed by atoms with E-state index in [0.29, 0.717) is 19.5 Å². The molecule has 1 saturated carbocycles. The van der Waals surface area contributed by atoms with Gasteiger partial charge in [-0.1, -0.05) is 13.3 Å². The van der Waals surface area contributed by atoms with Crippen molar-refractivity contribution in [2.45, 2.75) is 39.0 Å². The van der Waals surface area contributed by atoms with Crippen LogP contribution in [0.2, 0.25) is 0 Å². The van der Waals surface area contributed by atoms with Crippen molar-refractivity contribution < 1.29 is 14.7 Å². The highest BCUT2D eigenvalue weighted by Crippen LogP contribution is 2.42. The highest BCUT2D eigenvalue weighted by Gasteiger charge is 2.37. The molecular formula is C12H22N2O3. The minimum absolute atomic E-state index is 0.00705. The molecule has 1 aliphatic carbocycles. The first-order valence-electron chi connectivity index (χ1n) is 6.16. The molecule has 0 radical (unpaired) electrons. The van der Waals surface area contributed by atoms with Crippen LogP contribution in [0.3, 0.4) is 0 Å². The first-order valence-corrected chi connectivity index (χ1v) is 6.16. The molecule has 0 spiro atoms. The summed E-state index contributed by atoms with van der Waals surface area (Å²) < 4.78 is 0. The molecule has 1 rings (SSSR count). The normalized spacial score (nSPS) is 19.2. The van der Waals surface area contributed by atoms with Gasteiger partial charge in [0.1, 0.15) is 0 Å². The Morgan fingerprint density at radius 1 is 1.47 bits per heavy atom. The van der Waals surface area contributed by atoms with Crippen LogP contribution >= 0.6 is 0 Å². The van der Waals surface area contributed by atoms with Crippen LogP contribution in [0.15, 0.2) is 0 Å². The second kappa shape index (κ2) is 6.00. The monoisotopic (exact) mass is 242 g/mol. The van der Waals surface area contributed by atoms with E-state index < -0.39 is 5.97 Å². The third kappa shape index (κ3) is 4.34. The van der Waals surface area contributed by atoms with Gasteiger partial charge >= 0.3 is 5.97 Å². The molecule has 4 N–H and O–H groups in total. The maximum absolute atomic E-state index is 11.7. The summed E-state index contributed by atoms with van der Waals surface area (Å²) in [5.74, 6) is -0.872. The fraction of sp³-hybridized carbons (Fsp3) is 0.833. The maximum atomic E-state index is 11.7. The predicted molar refractivity (Wildman–Crippen MR) is 64.4 cm³/mol. The van der Waals surface area contributed by atoms with Crippen LogP contribution < -0.4 is 11.1 Å². The number of amides is 1. The van der Waals surface area contributed by atoms with Crippen molar-refractivity contribution in [3.63, 3.8) is 0 Å². The molecule has 5 heteroatoms. The lowest BCUT2D eigenvalue weighted by Crippen LogP contribution is -2.42. The van der Waals surface area contributed by atoms with Gasteiger partial charge in [-0.2, -0.15) is 0 Å². The van der Waals surface area contributed by atoms with Gasteiger partial charge in [0.15, 0.2) is 0 Å². The zero-order chi connectivity index (χ0) is 12.9. The zero-order valence-electron chi connectivity index (χ0n) is 10.4. The van der Waals surface area contributed by atoms with Gasteiger partial charge < -0.3 is 16.2 Å². The summed E-state index contributed by atoms with van der Waals surface area (Å²) in [6, 6.07) is 0. The molecule has 1 atom stereocenters. The fourth-order valence-electron chi connectivity index (χ4n) is 2.19. The van der Waals surface area contributed by atoms with E-state index >= 15 is 0 Å². The molecule has 1 aliphatic rings. The number of nitrogens with one attached hydrogen (secondary N) is 1. The Balaban J connectivity index is 2.23. The topological polar surface area (TPSA) is 92.4 Å². The quantitative estimate of drug-likeness (QED) is 0.613. The highest BCUT2D eigenvalue weighted by atomic mass is 16.4. The van der Waals surface area contributed by atoms with Crippen LogP contribution in [0.5, 0.6) is 0 Å². The van der Waals surface area contributed by atoms with Crippen molar-refractivity contribution in [2.75, 3.05) is 13.1 Å². The maximum Gasteiger partial charge on any atom is 0.303 e. The first kappa shape index (κ1) is 14.0. The standard InChI is InChI=1S/C12H22N2O3/c1-9(5-11(16)17)7-14-10(15)6-12(8-13)3-2-4-12/h9H,2-8,13H2,1H3,(H,14,15)(H,16,17). The third-order valence-corrected chi connectivity index (χ3v) is 3.55. The van der Waals surface area contributed by atoms with E-state index in [4.69, 9.17) is 10.8 Å². The van der Waals surface area contributed by atoms with E-state index in [0.717, 1.165) is 19.3 Å². The zero-order valence-corrected chi connectivity index (χ0v) is 10.4. The summed E-state index contributed by atoms with van der Waals surface area (Å²) in [7, 11) is 0. The summed E-state index contributed by atoms with van der Waals surface area (Å²) >= 11 is 0. The number of nitrogens with two attached hydrogens (primary N) is 1. The molecule has 5 nitrogen and oxygen atoms in total. The fourth-order valence-corrected chi connectivity index (χ4v) is 2.19. The van der Waals surface area contributed by atoms with Crippen molar-refractivity contribution in [3.05, 3.63) is 0 Å². The van der Waals surface area contributed by atoms with Gasteiger partial charge in [0.25, 0.3) is 0 Å². The number of hydrogen-bond acceptors (Lipinski definition) is 3. The lowest BCUT2D eigenvalue weighted by atomic mass is 9.66. The number of rotatable bonds is 7. The van der Waals surface area contributed by atoms with E-state index in [-0.39, 0.29) is 23.7 Å². The van der Waals surface area contributed by atoms with Crippen LogP contribution in [-0.4, -0.2) is 30.1 Å². The van der Waals surface area contributed by atoms with E-state index in [1.807, 2.05) is 6.92 Å². The summed E-state index contributed by atoms with van der Waals surface area (Å²) in [5, 5.41) is 11.4. The molecular weight excluding hydrogens is 220 g/mol. The second-order valence-corrected chi connectivity index (χ2v) is 5.24. The average molecular weight is 242 g/mol. The van der Waals surface area contributed by atoms with E-state index in [1.54, 1.807) is 0 Å². The Kier molecular flexibility index (Phi) is 4.93. The SMILES string of the molecule is CC(CNC(=O)CC1(CN)CCC1)CC(=O)O. The Morgan fingerprint density at radius 2 is 2.12 bits per heavy atom. The average Bonchev–Trinajstić information content (AvgIpc) is 2.19. The first-order chi connectivity index (χ1) is 7.97. The van der Waals surface area contributed by atoms with Gasteiger partial charge in [-0.05, 0) is 30.7 Å². The molecule has 98 valence electrons. The molecule has 0 aliphatic heterocycles. The summed E-state index contributed by atoms with van der Waals surface area (Å²) in [6.07, 6.45) is 3.77. The number of carboxylic acids is 1. The Bertz CT molecular complexity index is 282. The molecule has 0 aromatic heterocycles. The van der Waals surface area contributed by atoms with Gasteiger partial charge in [0.05, 0.1) is 0 Å². The van der Waals surface area contributed by atoms with E-state index in [1.165, 1.54) is 0 Å². The van der Waals surface area contributed by atoms with Crippen LogP contribution in [-0.2, 0) is 9.59 Å². The van der Waals surface area contributed by atoms with Crippen LogP contribution in [0.25, 0.3) is 0 Å². The van der Waals surface area contributed by atoms with Crippen molar-refractivity contribution >= 4 is 11.9 Å². The van der Waals surface area contributed by atoms with Crippen molar-refractivity contribution in [2.24, 2.45) is 17.1 Å². The molecule has 0 aromatic carbocycles. The lowest BCUT2D eigenvalue weighted by Gasteiger charge is -2.40. The summed E-state index contributed by atoms with van der Waals surface area (Å²) in [4.78, 5) is 22.1. The minimum Gasteiger partial charge on any atom is -0.481 e. The smallest absolute Gasteiger partial charge is 0.303 e. The number of carbonyl (C=O) groups excluding carboxylic acids is 1. The predicted octanol–water partition coefficient (Wildman–Crippen LogP) is 0.733. The molecule has 1 amide bonds. The number of hydrogen-bond donors (Lipinski definition) is 3. The number of aliphatic carboxylic acids is 1. The van der Waals surface area contributed by atoms with Crippen LogP contribution in [0.4, 0.5) is 0 Å². The van der Waals surface area contributed by atoms with Crippen LogP contribution in [0, 0.1) is 11.3 Å². The van der Waals surface area contributed by atoms with Gasteiger partial charge in [-0.25, -0.2) is 0 Å². The highest BCUT2D eigenvalue weighted by molar-refractivity contribution is 5.77. The van der Waals surface area contributed by atoms with Crippen molar-refractivity contribution in [1.29, 1.82) is 0 Å². The minimum atomic E-state index is -0.829. The van der Waals surface area contributed by atoms with Gasteiger partial charge in [-0.15, -0.1) is 0 Å². The molecule has 1 unspecified atom stereocenters. The van der Waals surface area contributed by atoms with Gasteiger partial charge in [0, 0.05) is 19.4 Å². The van der Waals surface area contributed by atoms with Crippen molar-refractivity contribution in [3.8, 4) is 0 Å². The van der Waals surface area contributed by atoms with Crippen LogP contribution in [0.1, 0.15) is 39.0 Å². The Labute approximate surface area is 102 Å².